The van der Waals surface area contributed by atoms with E-state index < -0.39 is 12.0 Å². The molecule has 1 saturated heterocycles. The van der Waals surface area contributed by atoms with E-state index in [1.165, 1.54) is 12.7 Å². The van der Waals surface area contributed by atoms with Crippen molar-refractivity contribution in [3.63, 3.8) is 0 Å². The Labute approximate surface area is 197 Å². The number of β-lactam (4-membered cyclic amide) rings is 1. The van der Waals surface area contributed by atoms with Crippen LogP contribution in [0.1, 0.15) is 41.5 Å². The fourth-order valence-corrected chi connectivity index (χ4v) is 4.64. The van der Waals surface area contributed by atoms with Gasteiger partial charge in [-0.25, -0.2) is 9.97 Å². The Bertz CT molecular complexity index is 1210. The molecule has 1 aromatic carbocycles. The summed E-state index contributed by atoms with van der Waals surface area (Å²) in [7, 11) is 1.52. The Morgan fingerprint density at radius 1 is 1.21 bits per heavy atom. The number of rotatable bonds is 7. The topological polar surface area (TPSA) is 105 Å². The van der Waals surface area contributed by atoms with Crippen LogP contribution in [0.3, 0.4) is 0 Å². The van der Waals surface area contributed by atoms with Gasteiger partial charge in [-0.2, -0.15) is 0 Å². The number of anilines is 1. The van der Waals surface area contributed by atoms with Crippen molar-refractivity contribution in [3.05, 3.63) is 71.4 Å². The molecule has 34 heavy (non-hydrogen) atoms. The van der Waals surface area contributed by atoms with Crippen molar-refractivity contribution >= 4 is 17.7 Å². The molecule has 8 heteroatoms. The quantitative estimate of drug-likeness (QED) is 0.521. The minimum atomic E-state index is -0.964. The lowest BCUT2D eigenvalue weighted by molar-refractivity contribution is -0.149. The summed E-state index contributed by atoms with van der Waals surface area (Å²) >= 11 is 0. The third-order valence-electron chi connectivity index (χ3n) is 6.56. The zero-order valence-electron chi connectivity index (χ0n) is 18.9. The number of aromatic nitrogens is 2. The molecule has 0 radical (unpaired) electrons. The molecule has 1 fully saturated rings. The standard InChI is InChI=1S/C26H26N4O4/c1-34-23-11-9-19(14-28-23)22(13-24(31)32)30-15-20(26(30)33)16-4-6-17(7-5-16)21-10-8-18-3-2-12-27-25(18)29-21/h4-11,14,20,22H,2-3,12-13,15H2,1H3,(H,27,29)(H,31,32)/t20?,22-/m0/s1. The summed E-state index contributed by atoms with van der Waals surface area (Å²) in [5, 5.41) is 12.8. The van der Waals surface area contributed by atoms with Gasteiger partial charge in [0, 0.05) is 30.9 Å². The lowest BCUT2D eigenvalue weighted by Gasteiger charge is -2.43. The molecule has 4 heterocycles. The maximum atomic E-state index is 13.1. The average Bonchev–Trinajstić information content (AvgIpc) is 2.87. The maximum Gasteiger partial charge on any atom is 0.305 e. The first-order chi connectivity index (χ1) is 16.5. The van der Waals surface area contributed by atoms with Gasteiger partial charge in [-0.15, -0.1) is 0 Å². The van der Waals surface area contributed by atoms with Crippen molar-refractivity contribution in [1.29, 1.82) is 0 Å². The van der Waals surface area contributed by atoms with Crippen LogP contribution in [-0.2, 0) is 16.0 Å². The number of likely N-dealkylation sites (tertiary alicyclic amines) is 1. The highest BCUT2D eigenvalue weighted by atomic mass is 16.5. The molecule has 2 N–H and O–H groups in total. The number of carboxylic acids is 1. The molecule has 8 nitrogen and oxygen atoms in total. The number of carbonyl (C=O) groups is 2. The summed E-state index contributed by atoms with van der Waals surface area (Å²) in [5.74, 6) is 0.0687. The highest BCUT2D eigenvalue weighted by molar-refractivity contribution is 5.90. The van der Waals surface area contributed by atoms with Crippen LogP contribution in [-0.4, -0.2) is 52.1 Å². The normalized spacial score (nSPS) is 17.9. The molecular formula is C26H26N4O4. The number of aliphatic carboxylic acids is 1. The second-order valence-corrected chi connectivity index (χ2v) is 8.65. The van der Waals surface area contributed by atoms with Crippen LogP contribution in [0, 0.1) is 0 Å². The number of fused-ring (bicyclic) bond motifs is 1. The van der Waals surface area contributed by atoms with E-state index in [4.69, 9.17) is 9.72 Å². The molecule has 3 aromatic rings. The molecule has 0 bridgehead atoms. The van der Waals surface area contributed by atoms with Crippen LogP contribution in [0.2, 0.25) is 0 Å². The molecule has 5 rings (SSSR count). The SMILES string of the molecule is COc1ccc([C@H](CC(=O)O)N2CC(c3ccc(-c4ccc5c(n4)NCCC5)cc3)C2=O)cn1. The number of aryl methyl sites for hydroxylation is 1. The third kappa shape index (κ3) is 4.19. The van der Waals surface area contributed by atoms with E-state index in [1.807, 2.05) is 30.3 Å². The predicted octanol–water partition coefficient (Wildman–Crippen LogP) is 3.65. The average molecular weight is 459 g/mol. The number of pyridine rings is 2. The zero-order chi connectivity index (χ0) is 23.7. The van der Waals surface area contributed by atoms with E-state index in [9.17, 15) is 14.7 Å². The van der Waals surface area contributed by atoms with Gasteiger partial charge < -0.3 is 20.1 Å². The largest absolute Gasteiger partial charge is 0.481 e. The summed E-state index contributed by atoms with van der Waals surface area (Å²) in [6.07, 6.45) is 3.56. The predicted molar refractivity (Wildman–Crippen MR) is 127 cm³/mol. The minimum Gasteiger partial charge on any atom is -0.481 e. The number of carbonyl (C=O) groups excluding carboxylic acids is 1. The summed E-state index contributed by atoms with van der Waals surface area (Å²) in [6.45, 7) is 1.40. The molecule has 1 unspecified atom stereocenters. The number of carboxylic acid groups (broad SMARTS) is 1. The van der Waals surface area contributed by atoms with Gasteiger partial charge in [0.05, 0.1) is 31.2 Å². The van der Waals surface area contributed by atoms with Crippen molar-refractivity contribution < 1.29 is 19.4 Å². The smallest absolute Gasteiger partial charge is 0.305 e. The number of methoxy groups -OCH3 is 1. The van der Waals surface area contributed by atoms with Gasteiger partial charge >= 0.3 is 5.97 Å². The van der Waals surface area contributed by atoms with Crippen LogP contribution in [0.15, 0.2) is 54.7 Å². The molecule has 174 valence electrons. The van der Waals surface area contributed by atoms with E-state index in [0.29, 0.717) is 18.0 Å². The molecule has 1 amide bonds. The van der Waals surface area contributed by atoms with Gasteiger partial charge in [0.1, 0.15) is 5.82 Å². The summed E-state index contributed by atoms with van der Waals surface area (Å²) < 4.78 is 5.08. The Morgan fingerprint density at radius 3 is 2.71 bits per heavy atom. The molecule has 0 saturated carbocycles. The van der Waals surface area contributed by atoms with Crippen LogP contribution in [0.4, 0.5) is 5.82 Å². The molecule has 2 atom stereocenters. The highest BCUT2D eigenvalue weighted by Gasteiger charge is 2.42. The fraction of sp³-hybridized carbons (Fsp3) is 0.308. The van der Waals surface area contributed by atoms with Crippen LogP contribution in [0.5, 0.6) is 5.88 Å². The fourth-order valence-electron chi connectivity index (χ4n) is 4.64. The van der Waals surface area contributed by atoms with Gasteiger partial charge in [0.25, 0.3) is 0 Å². The van der Waals surface area contributed by atoms with Crippen molar-refractivity contribution in [2.45, 2.75) is 31.2 Å². The van der Waals surface area contributed by atoms with Gasteiger partial charge in [-0.05, 0) is 35.6 Å². The monoisotopic (exact) mass is 458 g/mol. The van der Waals surface area contributed by atoms with Crippen molar-refractivity contribution in [1.82, 2.24) is 14.9 Å². The van der Waals surface area contributed by atoms with Gasteiger partial charge in [-0.1, -0.05) is 36.4 Å². The minimum absolute atomic E-state index is 0.0778. The summed E-state index contributed by atoms with van der Waals surface area (Å²) in [4.78, 5) is 35.1. The second kappa shape index (κ2) is 9.13. The van der Waals surface area contributed by atoms with E-state index in [0.717, 1.165) is 42.0 Å². The highest BCUT2D eigenvalue weighted by Crippen LogP contribution is 2.38. The Morgan fingerprint density at radius 2 is 2.03 bits per heavy atom. The number of amides is 1. The Kier molecular flexibility index (Phi) is 5.88. The first kappa shape index (κ1) is 21.9. The third-order valence-corrected chi connectivity index (χ3v) is 6.56. The van der Waals surface area contributed by atoms with Crippen LogP contribution < -0.4 is 10.1 Å². The Hall–Kier alpha value is -3.94. The van der Waals surface area contributed by atoms with E-state index in [1.54, 1.807) is 23.2 Å². The van der Waals surface area contributed by atoms with E-state index in [2.05, 4.69) is 16.4 Å². The van der Waals surface area contributed by atoms with Crippen LogP contribution >= 0.6 is 0 Å². The van der Waals surface area contributed by atoms with Gasteiger partial charge in [0.15, 0.2) is 0 Å². The van der Waals surface area contributed by atoms with Gasteiger partial charge in [0.2, 0.25) is 11.8 Å². The lowest BCUT2D eigenvalue weighted by atomic mass is 9.86. The molecule has 2 aromatic heterocycles. The molecular weight excluding hydrogens is 432 g/mol. The summed E-state index contributed by atoms with van der Waals surface area (Å²) in [5.41, 5.74) is 4.74. The van der Waals surface area contributed by atoms with Crippen molar-refractivity contribution in [2.75, 3.05) is 25.5 Å². The number of hydrogen-bond donors (Lipinski definition) is 2. The lowest BCUT2D eigenvalue weighted by Crippen LogP contribution is -2.52. The van der Waals surface area contributed by atoms with Crippen LogP contribution in [0.25, 0.3) is 11.3 Å². The van der Waals surface area contributed by atoms with Crippen molar-refractivity contribution in [3.8, 4) is 17.1 Å². The number of nitrogens with one attached hydrogen (secondary N) is 1. The second-order valence-electron chi connectivity index (χ2n) is 8.65. The van der Waals surface area contributed by atoms with Gasteiger partial charge in [-0.3, -0.25) is 9.59 Å². The molecule has 2 aliphatic rings. The number of ether oxygens (including phenoxy) is 1. The first-order valence-electron chi connectivity index (χ1n) is 11.4. The van der Waals surface area contributed by atoms with E-state index >= 15 is 0 Å². The molecule has 0 aliphatic carbocycles. The Balaban J connectivity index is 1.31. The van der Waals surface area contributed by atoms with Crippen molar-refractivity contribution in [2.24, 2.45) is 0 Å². The number of benzene rings is 1. The van der Waals surface area contributed by atoms with E-state index in [-0.39, 0.29) is 18.2 Å². The first-order valence-corrected chi connectivity index (χ1v) is 11.4. The maximum absolute atomic E-state index is 13.1. The number of nitrogens with zero attached hydrogens (tertiary/aromatic N) is 3. The molecule has 0 spiro atoms. The zero-order valence-corrected chi connectivity index (χ0v) is 18.9. The number of hydrogen-bond acceptors (Lipinski definition) is 6. The molecule has 2 aliphatic heterocycles. The summed E-state index contributed by atoms with van der Waals surface area (Å²) in [6, 6.07) is 14.9.